The van der Waals surface area contributed by atoms with Crippen molar-refractivity contribution >= 4 is 45.0 Å². The van der Waals surface area contributed by atoms with E-state index in [0.717, 1.165) is 60.7 Å². The van der Waals surface area contributed by atoms with Gasteiger partial charge in [-0.2, -0.15) is 12.7 Å². The van der Waals surface area contributed by atoms with E-state index in [1.54, 1.807) is 18.5 Å². The maximum absolute atomic E-state index is 13.0. The fourth-order valence-electron chi connectivity index (χ4n) is 5.30. The number of anilines is 2. The van der Waals surface area contributed by atoms with Crippen LogP contribution in [0.25, 0.3) is 22.0 Å². The first-order chi connectivity index (χ1) is 19.5. The van der Waals surface area contributed by atoms with Crippen molar-refractivity contribution in [3.05, 3.63) is 66.5 Å². The van der Waals surface area contributed by atoms with Gasteiger partial charge in [0.25, 0.3) is 0 Å². The van der Waals surface area contributed by atoms with Gasteiger partial charge in [0.1, 0.15) is 5.75 Å². The van der Waals surface area contributed by atoms with Gasteiger partial charge in [-0.25, -0.2) is 15.0 Å². The predicted octanol–water partition coefficient (Wildman–Crippen LogP) is 5.13. The third-order valence-corrected chi connectivity index (χ3v) is 8.91. The minimum Gasteiger partial charge on any atom is -0.437 e. The van der Waals surface area contributed by atoms with Gasteiger partial charge in [-0.3, -0.25) is 4.72 Å². The summed E-state index contributed by atoms with van der Waals surface area (Å²) < 4.78 is 36.8. The third-order valence-electron chi connectivity index (χ3n) is 7.38. The van der Waals surface area contributed by atoms with Crippen LogP contribution >= 0.6 is 12.4 Å². The van der Waals surface area contributed by atoms with Crippen LogP contribution in [-0.4, -0.2) is 59.9 Å². The van der Waals surface area contributed by atoms with Gasteiger partial charge in [0, 0.05) is 48.8 Å². The largest absolute Gasteiger partial charge is 0.437 e. The molecule has 41 heavy (non-hydrogen) atoms. The molecule has 1 unspecified atom stereocenters. The molecule has 0 spiro atoms. The highest BCUT2D eigenvalue weighted by molar-refractivity contribution is 7.90. The molecule has 2 aromatic heterocycles. The van der Waals surface area contributed by atoms with Crippen molar-refractivity contribution in [2.75, 3.05) is 36.2 Å². The van der Waals surface area contributed by atoms with Crippen LogP contribution in [-0.2, 0) is 10.2 Å². The van der Waals surface area contributed by atoms with Crippen molar-refractivity contribution in [2.24, 2.45) is 0 Å². The minimum absolute atomic E-state index is 0. The van der Waals surface area contributed by atoms with Gasteiger partial charge in [0.05, 0.1) is 16.9 Å². The molecule has 0 amide bonds. The second-order valence-corrected chi connectivity index (χ2v) is 11.9. The fourth-order valence-corrected chi connectivity index (χ4v) is 6.62. The predicted molar refractivity (Wildman–Crippen MR) is 164 cm³/mol. The molecule has 4 heterocycles. The van der Waals surface area contributed by atoms with Crippen molar-refractivity contribution in [1.82, 2.24) is 24.6 Å². The summed E-state index contributed by atoms with van der Waals surface area (Å²) in [5.41, 5.74) is 2.84. The average molecular weight is 596 g/mol. The number of piperidine rings is 1. The summed E-state index contributed by atoms with van der Waals surface area (Å²) in [6.45, 7) is 4.95. The number of pyridine rings is 1. The molecule has 216 valence electrons. The highest BCUT2D eigenvalue weighted by Crippen LogP contribution is 2.39. The van der Waals surface area contributed by atoms with Crippen molar-refractivity contribution in [1.29, 1.82) is 0 Å². The van der Waals surface area contributed by atoms with E-state index >= 15 is 0 Å². The number of aryl methyl sites for hydroxylation is 1. The lowest BCUT2D eigenvalue weighted by Gasteiger charge is -2.23. The van der Waals surface area contributed by atoms with Crippen molar-refractivity contribution in [3.63, 3.8) is 0 Å². The minimum atomic E-state index is -3.64. The van der Waals surface area contributed by atoms with E-state index in [1.165, 1.54) is 4.31 Å². The summed E-state index contributed by atoms with van der Waals surface area (Å²) in [5.74, 6) is 1.59. The Morgan fingerprint density at radius 1 is 0.976 bits per heavy atom. The molecule has 2 aromatic carbocycles. The first kappa shape index (κ1) is 29.0. The third kappa shape index (κ3) is 6.38. The highest BCUT2D eigenvalue weighted by Gasteiger charge is 2.26. The Labute approximate surface area is 246 Å². The number of nitrogens with zero attached hydrogens (tertiary/aromatic N) is 4. The number of hydrogen-bond donors (Lipinski definition) is 3. The number of hydrogen-bond acceptors (Lipinski definition) is 8. The summed E-state index contributed by atoms with van der Waals surface area (Å²) in [6.07, 6.45) is 7.36. The quantitative estimate of drug-likeness (QED) is 0.256. The number of rotatable bonds is 8. The Bertz CT molecular complexity index is 1620. The molecule has 12 heteroatoms. The van der Waals surface area contributed by atoms with Gasteiger partial charge < -0.3 is 15.4 Å². The first-order valence-electron chi connectivity index (χ1n) is 13.7. The van der Waals surface area contributed by atoms with Crippen LogP contribution < -0.4 is 20.1 Å². The Hall–Kier alpha value is -3.51. The van der Waals surface area contributed by atoms with E-state index in [1.807, 2.05) is 49.4 Å². The van der Waals surface area contributed by atoms with Crippen LogP contribution in [0.3, 0.4) is 0 Å². The molecule has 2 fully saturated rings. The molecule has 0 radical (unpaired) electrons. The van der Waals surface area contributed by atoms with Crippen LogP contribution in [0.4, 0.5) is 11.6 Å². The zero-order chi connectivity index (χ0) is 27.5. The summed E-state index contributed by atoms with van der Waals surface area (Å²) in [4.78, 5) is 13.7. The smallest absolute Gasteiger partial charge is 0.301 e. The Morgan fingerprint density at radius 3 is 2.63 bits per heavy atom. The van der Waals surface area contributed by atoms with E-state index in [4.69, 9.17) is 9.72 Å². The zero-order valence-corrected chi connectivity index (χ0v) is 24.5. The summed E-state index contributed by atoms with van der Waals surface area (Å²) >= 11 is 0. The lowest BCUT2D eigenvalue weighted by atomic mass is 10.0. The van der Waals surface area contributed by atoms with Crippen LogP contribution in [0, 0.1) is 6.92 Å². The lowest BCUT2D eigenvalue weighted by Crippen LogP contribution is -2.38. The van der Waals surface area contributed by atoms with E-state index in [-0.39, 0.29) is 18.4 Å². The maximum atomic E-state index is 13.0. The highest BCUT2D eigenvalue weighted by atomic mass is 35.5. The maximum Gasteiger partial charge on any atom is 0.301 e. The molecule has 0 aliphatic carbocycles. The number of aromatic nitrogens is 3. The van der Waals surface area contributed by atoms with E-state index in [9.17, 15) is 8.42 Å². The molecule has 3 N–H and O–H groups in total. The molecule has 6 rings (SSSR count). The molecular weight excluding hydrogens is 562 g/mol. The second kappa shape index (κ2) is 12.6. The zero-order valence-electron chi connectivity index (χ0n) is 22.8. The number of ether oxygens (including phenoxy) is 1. The van der Waals surface area contributed by atoms with Gasteiger partial charge >= 0.3 is 10.2 Å². The molecular formula is C29H34ClN7O3S. The van der Waals surface area contributed by atoms with Gasteiger partial charge in [-0.1, -0.05) is 24.3 Å². The molecule has 0 saturated carbocycles. The monoisotopic (exact) mass is 595 g/mol. The standard InChI is InChI=1S/C29H33N7O3S.ClH/c1-20-11-12-22-23(8-4-10-26(22)35-40(37,38)36-17-2-3-18-36)27(20)39-28-24(9-6-15-31-28)25-13-16-32-29(34-25)33-21-7-5-14-30-19-21;/h4,6,8-13,15-16,21,30,35H,2-3,5,7,14,17-19H2,1H3,(H,32,33,34);1H. The second-order valence-electron chi connectivity index (χ2n) is 10.2. The SMILES string of the molecule is Cc1ccc2c(NS(=O)(=O)N3CCCC3)cccc2c1Oc1ncccc1-c1ccnc(NC2CCCNC2)n1.Cl. The number of nitrogens with one attached hydrogen (secondary N) is 3. The topological polar surface area (TPSA) is 121 Å². The van der Waals surface area contributed by atoms with Gasteiger partial charge in [-0.15, -0.1) is 12.4 Å². The number of benzene rings is 2. The van der Waals surface area contributed by atoms with Gasteiger partial charge in [0.15, 0.2) is 0 Å². The first-order valence-corrected chi connectivity index (χ1v) is 15.2. The normalized spacial score (nSPS) is 17.6. The van der Waals surface area contributed by atoms with Crippen LogP contribution in [0.15, 0.2) is 60.9 Å². The van der Waals surface area contributed by atoms with Crippen molar-refractivity contribution in [2.45, 2.75) is 38.6 Å². The molecule has 0 bridgehead atoms. The van der Waals surface area contributed by atoms with Crippen molar-refractivity contribution < 1.29 is 13.2 Å². The average Bonchev–Trinajstić information content (AvgIpc) is 3.52. The number of fused-ring (bicyclic) bond motifs is 1. The van der Waals surface area contributed by atoms with Gasteiger partial charge in [-0.05, 0) is 69.0 Å². The van der Waals surface area contributed by atoms with Crippen LogP contribution in [0.5, 0.6) is 11.6 Å². The van der Waals surface area contributed by atoms with Gasteiger partial charge in [0.2, 0.25) is 11.8 Å². The van der Waals surface area contributed by atoms with Crippen LogP contribution in [0.2, 0.25) is 0 Å². The molecule has 2 aliphatic rings. The fraction of sp³-hybridized carbons (Fsp3) is 0.345. The van der Waals surface area contributed by atoms with Crippen LogP contribution in [0.1, 0.15) is 31.2 Å². The van der Waals surface area contributed by atoms with E-state index in [2.05, 4.69) is 25.3 Å². The molecule has 1 atom stereocenters. The Morgan fingerprint density at radius 2 is 1.83 bits per heavy atom. The Balaban J connectivity index is 0.00000337. The summed E-state index contributed by atoms with van der Waals surface area (Å²) in [6, 6.07) is 15.3. The summed E-state index contributed by atoms with van der Waals surface area (Å²) in [7, 11) is -3.64. The number of halogens is 1. The van der Waals surface area contributed by atoms with E-state index in [0.29, 0.717) is 42.0 Å². The molecule has 10 nitrogen and oxygen atoms in total. The molecule has 4 aromatic rings. The van der Waals surface area contributed by atoms with E-state index < -0.39 is 10.2 Å². The molecule has 2 aliphatic heterocycles. The van der Waals surface area contributed by atoms with Crippen molar-refractivity contribution in [3.8, 4) is 22.9 Å². The summed E-state index contributed by atoms with van der Waals surface area (Å²) in [5, 5.41) is 8.37. The molecule has 2 saturated heterocycles. The Kier molecular flexibility index (Phi) is 8.88. The lowest BCUT2D eigenvalue weighted by molar-refractivity contribution is 0.466.